The largest absolute Gasteiger partial charge is 0.458 e. The van der Waals surface area contributed by atoms with Gasteiger partial charge in [-0.3, -0.25) is 0 Å². The molecule has 1 spiro atoms. The summed E-state index contributed by atoms with van der Waals surface area (Å²) >= 11 is 0. The molecule has 2 heterocycles. The van der Waals surface area contributed by atoms with Gasteiger partial charge in [0.15, 0.2) is 8.07 Å². The van der Waals surface area contributed by atoms with Crippen molar-refractivity contribution >= 4 is 56.7 Å². The maximum atomic E-state index is 7.02. The molecule has 0 aromatic heterocycles. The standard InChI is InChI=1S/C52H35NO2Si/c1-2-14-36(15-3-1)37-28-32-40(33-29-37)53(44-20-12-17-38-16-4-5-18-42(38)44)41-34-30-39(31-35-41)43-19-13-27-51-52(43)55-47-23-8-11-26-50(47)56(51)48-24-9-6-21-45(48)54-46-22-7-10-25-49(46)56/h1-35H. The van der Waals surface area contributed by atoms with Gasteiger partial charge in [0.1, 0.15) is 23.0 Å². The second-order valence-corrected chi connectivity index (χ2v) is 18.1. The van der Waals surface area contributed by atoms with Gasteiger partial charge in [0.2, 0.25) is 0 Å². The lowest BCUT2D eigenvalue weighted by molar-refractivity contribution is 0.482. The van der Waals surface area contributed by atoms with E-state index in [9.17, 15) is 0 Å². The van der Waals surface area contributed by atoms with Gasteiger partial charge in [-0.15, -0.1) is 0 Å². The molecule has 0 saturated heterocycles. The van der Waals surface area contributed by atoms with Crippen molar-refractivity contribution in [2.45, 2.75) is 0 Å². The molecule has 11 rings (SSSR count). The summed E-state index contributed by atoms with van der Waals surface area (Å²) in [4.78, 5) is 2.37. The molecule has 264 valence electrons. The SMILES string of the molecule is c1ccc(-c2ccc(N(c3ccc(-c4cccc5c4Oc4ccccc4[Si]54c5ccccc5Oc5ccccc54)cc3)c3cccc4ccccc34)cc2)cc1. The molecule has 0 radical (unpaired) electrons. The second kappa shape index (κ2) is 13.0. The van der Waals surface area contributed by atoms with Gasteiger partial charge in [-0.05, 0) is 91.4 Å². The van der Waals surface area contributed by atoms with Gasteiger partial charge in [-0.2, -0.15) is 0 Å². The van der Waals surface area contributed by atoms with E-state index in [-0.39, 0.29) is 0 Å². The first-order chi connectivity index (χ1) is 27.8. The summed E-state index contributed by atoms with van der Waals surface area (Å²) in [6, 6.07) is 76.0. The third-order valence-electron chi connectivity index (χ3n) is 11.4. The molecule has 2 aliphatic rings. The zero-order valence-corrected chi connectivity index (χ0v) is 31.5. The number of hydrogen-bond acceptors (Lipinski definition) is 3. The van der Waals surface area contributed by atoms with Crippen molar-refractivity contribution in [1.82, 2.24) is 0 Å². The Morgan fingerprint density at radius 2 is 0.821 bits per heavy atom. The summed E-state index contributed by atoms with van der Waals surface area (Å²) in [5.74, 6) is 3.66. The topological polar surface area (TPSA) is 21.7 Å². The number of nitrogens with zero attached hydrogens (tertiary/aromatic N) is 1. The Balaban J connectivity index is 1.07. The van der Waals surface area contributed by atoms with E-state index in [1.807, 2.05) is 0 Å². The van der Waals surface area contributed by atoms with Gasteiger partial charge >= 0.3 is 0 Å². The fourth-order valence-corrected chi connectivity index (χ4v) is 14.1. The fraction of sp³-hybridized carbons (Fsp3) is 0. The van der Waals surface area contributed by atoms with Crippen molar-refractivity contribution in [3.63, 3.8) is 0 Å². The van der Waals surface area contributed by atoms with Gasteiger partial charge in [0.05, 0.1) is 5.69 Å². The van der Waals surface area contributed by atoms with Crippen LogP contribution in [0.1, 0.15) is 0 Å². The highest BCUT2D eigenvalue weighted by Crippen LogP contribution is 2.43. The van der Waals surface area contributed by atoms with Gasteiger partial charge < -0.3 is 14.4 Å². The monoisotopic (exact) mass is 733 g/mol. The Kier molecular flexibility index (Phi) is 7.51. The second-order valence-electron chi connectivity index (χ2n) is 14.4. The average Bonchev–Trinajstić information content (AvgIpc) is 3.27. The molecule has 0 bridgehead atoms. The number of para-hydroxylation sites is 4. The molecule has 56 heavy (non-hydrogen) atoms. The first-order valence-corrected chi connectivity index (χ1v) is 21.1. The number of rotatable bonds is 5. The number of hydrogen-bond donors (Lipinski definition) is 0. The van der Waals surface area contributed by atoms with Crippen LogP contribution in [-0.2, 0) is 0 Å². The van der Waals surface area contributed by atoms with Gasteiger partial charge in [-0.25, -0.2) is 0 Å². The van der Waals surface area contributed by atoms with Crippen molar-refractivity contribution in [3.05, 3.63) is 212 Å². The Morgan fingerprint density at radius 1 is 0.339 bits per heavy atom. The summed E-state index contributed by atoms with van der Waals surface area (Å²) in [7, 11) is -2.85. The number of anilines is 3. The Labute approximate surface area is 327 Å². The lowest BCUT2D eigenvalue weighted by atomic mass is 10.0. The van der Waals surface area contributed by atoms with Crippen LogP contribution in [0.2, 0.25) is 0 Å². The molecule has 0 unspecified atom stereocenters. The van der Waals surface area contributed by atoms with Crippen LogP contribution in [0.5, 0.6) is 23.0 Å². The Hall–Kier alpha value is -7.14. The molecule has 0 aliphatic carbocycles. The highest BCUT2D eigenvalue weighted by Gasteiger charge is 2.53. The lowest BCUT2D eigenvalue weighted by Crippen LogP contribution is -2.77. The minimum absolute atomic E-state index is 0.906. The number of benzene rings is 9. The van der Waals surface area contributed by atoms with Crippen molar-refractivity contribution in [3.8, 4) is 45.3 Å². The predicted octanol–water partition coefficient (Wildman–Crippen LogP) is 11.2. The van der Waals surface area contributed by atoms with Gasteiger partial charge in [-0.1, -0.05) is 164 Å². The maximum Gasteiger partial charge on any atom is 0.196 e. The molecule has 0 fully saturated rings. The van der Waals surface area contributed by atoms with E-state index in [4.69, 9.17) is 9.47 Å². The molecule has 0 saturated carbocycles. The summed E-state index contributed by atoms with van der Waals surface area (Å²) < 4.78 is 13.6. The van der Waals surface area contributed by atoms with Crippen LogP contribution in [0, 0.1) is 0 Å². The summed E-state index contributed by atoms with van der Waals surface area (Å²) in [5.41, 5.74) is 7.86. The van der Waals surface area contributed by atoms with Crippen molar-refractivity contribution < 1.29 is 9.47 Å². The minimum atomic E-state index is -2.85. The van der Waals surface area contributed by atoms with Crippen LogP contribution in [0.15, 0.2) is 212 Å². The quantitative estimate of drug-likeness (QED) is 0.164. The fourth-order valence-electron chi connectivity index (χ4n) is 8.92. The third-order valence-corrected chi connectivity index (χ3v) is 16.3. The van der Waals surface area contributed by atoms with Crippen LogP contribution in [-0.4, -0.2) is 8.07 Å². The zero-order chi connectivity index (χ0) is 37.1. The molecule has 9 aromatic carbocycles. The first kappa shape index (κ1) is 32.3. The Morgan fingerprint density at radius 3 is 1.48 bits per heavy atom. The van der Waals surface area contributed by atoms with Crippen LogP contribution in [0.4, 0.5) is 17.1 Å². The highest BCUT2D eigenvalue weighted by atomic mass is 28.3. The first-order valence-electron chi connectivity index (χ1n) is 19.1. The summed E-state index contributed by atoms with van der Waals surface area (Å²) in [6.45, 7) is 0. The molecule has 0 atom stereocenters. The maximum absolute atomic E-state index is 7.02. The van der Waals surface area contributed by atoms with E-state index < -0.39 is 8.07 Å². The molecule has 9 aromatic rings. The van der Waals surface area contributed by atoms with Crippen LogP contribution in [0.3, 0.4) is 0 Å². The minimum Gasteiger partial charge on any atom is -0.458 e. The van der Waals surface area contributed by atoms with Crippen LogP contribution < -0.4 is 35.1 Å². The highest BCUT2D eigenvalue weighted by molar-refractivity contribution is 7.21. The zero-order valence-electron chi connectivity index (χ0n) is 30.5. The summed E-state index contributed by atoms with van der Waals surface area (Å²) in [6.07, 6.45) is 0. The number of ether oxygens (including phenoxy) is 2. The number of fused-ring (bicyclic) bond motifs is 9. The molecular weight excluding hydrogens is 699 g/mol. The lowest BCUT2D eigenvalue weighted by Gasteiger charge is -2.43. The van der Waals surface area contributed by atoms with E-state index in [0.717, 1.165) is 51.2 Å². The van der Waals surface area contributed by atoms with Crippen molar-refractivity contribution in [2.75, 3.05) is 4.90 Å². The predicted molar refractivity (Wildman–Crippen MR) is 233 cm³/mol. The van der Waals surface area contributed by atoms with E-state index in [0.29, 0.717) is 0 Å². The van der Waals surface area contributed by atoms with Crippen LogP contribution >= 0.6 is 0 Å². The molecular formula is C52H35NO2Si. The van der Waals surface area contributed by atoms with Crippen LogP contribution in [0.25, 0.3) is 33.0 Å². The van der Waals surface area contributed by atoms with E-state index in [1.54, 1.807) is 0 Å². The average molecular weight is 734 g/mol. The molecule has 2 aliphatic heterocycles. The van der Waals surface area contributed by atoms with Crippen molar-refractivity contribution in [1.29, 1.82) is 0 Å². The molecule has 3 nitrogen and oxygen atoms in total. The van der Waals surface area contributed by atoms with Gasteiger partial charge in [0.25, 0.3) is 0 Å². The molecule has 0 amide bonds. The van der Waals surface area contributed by atoms with E-state index in [1.165, 1.54) is 42.6 Å². The summed E-state index contributed by atoms with van der Waals surface area (Å²) in [5, 5.41) is 7.36. The third kappa shape index (κ3) is 4.97. The molecule has 0 N–H and O–H groups in total. The smallest absolute Gasteiger partial charge is 0.196 e. The molecule has 4 heteroatoms. The van der Waals surface area contributed by atoms with E-state index >= 15 is 0 Å². The Bertz CT molecular complexity index is 2850. The van der Waals surface area contributed by atoms with Crippen molar-refractivity contribution in [2.24, 2.45) is 0 Å². The van der Waals surface area contributed by atoms with Gasteiger partial charge in [0, 0.05) is 22.3 Å². The normalized spacial score (nSPS) is 13.1. The van der Waals surface area contributed by atoms with E-state index in [2.05, 4.69) is 217 Å².